The van der Waals surface area contributed by atoms with Gasteiger partial charge in [-0.2, -0.15) is 5.10 Å². The number of rotatable bonds is 4. The average Bonchev–Trinajstić information content (AvgIpc) is 2.67. The van der Waals surface area contributed by atoms with Crippen LogP contribution in [0.25, 0.3) is 0 Å². The fraction of sp³-hybridized carbons (Fsp3) is 0.300. The molecule has 0 bridgehead atoms. The Hall–Kier alpha value is -2.22. The molecule has 0 fully saturated rings. The van der Waals surface area contributed by atoms with E-state index in [9.17, 15) is 10.1 Å². The van der Waals surface area contributed by atoms with Crippen LogP contribution in [0.4, 0.5) is 11.5 Å². The highest BCUT2D eigenvalue weighted by atomic mass is 35.5. The van der Waals surface area contributed by atoms with E-state index in [0.717, 1.165) is 11.3 Å². The molecule has 0 atom stereocenters. The zero-order valence-electron chi connectivity index (χ0n) is 10.3. The molecule has 0 saturated heterocycles. The molecule has 2 aromatic rings. The first-order valence-electron chi connectivity index (χ1n) is 5.37. The van der Waals surface area contributed by atoms with Crippen molar-refractivity contribution in [1.82, 2.24) is 19.7 Å². The Bertz CT molecular complexity index is 626. The number of anilines is 1. The number of halogens is 1. The van der Waals surface area contributed by atoms with E-state index < -0.39 is 4.92 Å². The van der Waals surface area contributed by atoms with E-state index in [1.807, 2.05) is 14.0 Å². The molecule has 0 spiro atoms. The monoisotopic (exact) mass is 282 g/mol. The van der Waals surface area contributed by atoms with Gasteiger partial charge in [-0.1, -0.05) is 11.6 Å². The van der Waals surface area contributed by atoms with Crippen molar-refractivity contribution in [2.45, 2.75) is 13.5 Å². The minimum atomic E-state index is -0.610. The highest BCUT2D eigenvalue weighted by Gasteiger charge is 2.21. The molecule has 8 nitrogen and oxygen atoms in total. The molecule has 0 aliphatic rings. The van der Waals surface area contributed by atoms with Crippen molar-refractivity contribution in [3.63, 3.8) is 0 Å². The van der Waals surface area contributed by atoms with Crippen molar-refractivity contribution in [1.29, 1.82) is 0 Å². The standard InChI is InChI=1S/C10H11ClN6O2/c1-6-7(4-15-16(6)2)3-12-10-8(17(18)19)9(11)13-5-14-10/h4-5H,3H2,1-2H3,(H,12,13,14). The number of nitro groups is 1. The first-order chi connectivity index (χ1) is 9.00. The SMILES string of the molecule is Cc1c(CNc2ncnc(Cl)c2[N+](=O)[O-])cnn1C. The lowest BCUT2D eigenvalue weighted by Gasteiger charge is -2.06. The van der Waals surface area contributed by atoms with Crippen LogP contribution in [0, 0.1) is 17.0 Å². The van der Waals surface area contributed by atoms with E-state index in [1.54, 1.807) is 10.9 Å². The highest BCUT2D eigenvalue weighted by molar-refractivity contribution is 6.31. The summed E-state index contributed by atoms with van der Waals surface area (Å²) >= 11 is 5.69. The number of nitrogens with zero attached hydrogens (tertiary/aromatic N) is 5. The van der Waals surface area contributed by atoms with E-state index in [-0.39, 0.29) is 16.7 Å². The van der Waals surface area contributed by atoms with Gasteiger partial charge < -0.3 is 5.32 Å². The maximum absolute atomic E-state index is 10.9. The number of hydrogen-bond donors (Lipinski definition) is 1. The van der Waals surface area contributed by atoms with Crippen molar-refractivity contribution in [2.75, 3.05) is 5.32 Å². The summed E-state index contributed by atoms with van der Waals surface area (Å²) < 4.78 is 1.72. The molecule has 0 aliphatic heterocycles. The molecule has 0 saturated carbocycles. The average molecular weight is 283 g/mol. The minimum absolute atomic E-state index is 0.0910. The molecule has 2 heterocycles. The molecule has 19 heavy (non-hydrogen) atoms. The fourth-order valence-electron chi connectivity index (χ4n) is 1.55. The molecule has 0 unspecified atom stereocenters. The summed E-state index contributed by atoms with van der Waals surface area (Å²) in [5, 5.41) is 17.7. The number of hydrogen-bond acceptors (Lipinski definition) is 6. The lowest BCUT2D eigenvalue weighted by atomic mass is 10.2. The summed E-state index contributed by atoms with van der Waals surface area (Å²) in [5.41, 5.74) is 1.56. The van der Waals surface area contributed by atoms with Gasteiger partial charge in [-0.3, -0.25) is 14.8 Å². The van der Waals surface area contributed by atoms with Gasteiger partial charge in [0.25, 0.3) is 0 Å². The van der Waals surface area contributed by atoms with Gasteiger partial charge in [0.1, 0.15) is 6.33 Å². The molecule has 2 rings (SSSR count). The molecule has 0 aromatic carbocycles. The van der Waals surface area contributed by atoms with Crippen molar-refractivity contribution in [3.8, 4) is 0 Å². The van der Waals surface area contributed by atoms with Gasteiger partial charge in [0, 0.05) is 24.8 Å². The second-order valence-corrected chi connectivity index (χ2v) is 4.21. The van der Waals surface area contributed by atoms with Crippen LogP contribution in [0.2, 0.25) is 5.15 Å². The molecule has 0 amide bonds. The Kier molecular flexibility index (Phi) is 3.61. The lowest BCUT2D eigenvalue weighted by Crippen LogP contribution is -2.06. The van der Waals surface area contributed by atoms with Crippen LogP contribution in [0.3, 0.4) is 0 Å². The Morgan fingerprint density at radius 1 is 1.53 bits per heavy atom. The summed E-state index contributed by atoms with van der Waals surface area (Å²) in [6, 6.07) is 0. The van der Waals surface area contributed by atoms with Gasteiger partial charge in [-0.05, 0) is 6.92 Å². The molecule has 0 radical (unpaired) electrons. The zero-order valence-corrected chi connectivity index (χ0v) is 11.0. The second kappa shape index (κ2) is 5.19. The van der Waals surface area contributed by atoms with E-state index in [4.69, 9.17) is 11.6 Å². The Balaban J connectivity index is 2.23. The first-order valence-corrected chi connectivity index (χ1v) is 5.74. The summed E-state index contributed by atoms with van der Waals surface area (Å²) in [5.74, 6) is 0.0910. The highest BCUT2D eigenvalue weighted by Crippen LogP contribution is 2.28. The van der Waals surface area contributed by atoms with Gasteiger partial charge in [0.15, 0.2) is 0 Å². The Morgan fingerprint density at radius 3 is 2.84 bits per heavy atom. The zero-order chi connectivity index (χ0) is 14.0. The third-order valence-corrected chi connectivity index (χ3v) is 3.02. The second-order valence-electron chi connectivity index (χ2n) is 3.85. The molecule has 0 aliphatic carbocycles. The maximum atomic E-state index is 10.9. The third-order valence-electron chi connectivity index (χ3n) is 2.74. The van der Waals surface area contributed by atoms with Crippen LogP contribution < -0.4 is 5.32 Å². The number of nitrogens with one attached hydrogen (secondary N) is 1. The molecular formula is C10H11ClN6O2. The van der Waals surface area contributed by atoms with Gasteiger partial charge in [0.05, 0.1) is 11.1 Å². The van der Waals surface area contributed by atoms with E-state index in [0.29, 0.717) is 6.54 Å². The van der Waals surface area contributed by atoms with Crippen LogP contribution in [0.5, 0.6) is 0 Å². The molecule has 1 N–H and O–H groups in total. The number of aromatic nitrogens is 4. The number of aryl methyl sites for hydroxylation is 1. The predicted octanol–water partition coefficient (Wildman–Crippen LogP) is 1.69. The van der Waals surface area contributed by atoms with Crippen LogP contribution >= 0.6 is 11.6 Å². The van der Waals surface area contributed by atoms with Crippen LogP contribution in [-0.4, -0.2) is 24.7 Å². The summed E-state index contributed by atoms with van der Waals surface area (Å²) in [4.78, 5) is 17.7. The predicted molar refractivity (Wildman–Crippen MR) is 69.0 cm³/mol. The van der Waals surface area contributed by atoms with Gasteiger partial charge in [-0.25, -0.2) is 9.97 Å². The van der Waals surface area contributed by atoms with Gasteiger partial charge in [0.2, 0.25) is 11.0 Å². The van der Waals surface area contributed by atoms with E-state index in [1.165, 1.54) is 6.33 Å². The topological polar surface area (TPSA) is 98.8 Å². The third kappa shape index (κ3) is 2.63. The summed E-state index contributed by atoms with van der Waals surface area (Å²) in [6.07, 6.45) is 2.87. The maximum Gasteiger partial charge on any atom is 0.348 e. The molecular weight excluding hydrogens is 272 g/mol. The van der Waals surface area contributed by atoms with Crippen molar-refractivity contribution in [3.05, 3.63) is 39.0 Å². The summed E-state index contributed by atoms with van der Waals surface area (Å²) in [6.45, 7) is 2.28. The van der Waals surface area contributed by atoms with Crippen LogP contribution in [0.1, 0.15) is 11.3 Å². The first kappa shape index (κ1) is 13.2. The van der Waals surface area contributed by atoms with Crippen LogP contribution in [0.15, 0.2) is 12.5 Å². The van der Waals surface area contributed by atoms with E-state index >= 15 is 0 Å². The van der Waals surface area contributed by atoms with Gasteiger partial charge in [-0.15, -0.1) is 0 Å². The molecule has 100 valence electrons. The molecule has 2 aromatic heterocycles. The van der Waals surface area contributed by atoms with Crippen molar-refractivity contribution < 1.29 is 4.92 Å². The van der Waals surface area contributed by atoms with E-state index in [2.05, 4.69) is 20.4 Å². The van der Waals surface area contributed by atoms with Crippen molar-refractivity contribution in [2.24, 2.45) is 7.05 Å². The smallest absolute Gasteiger partial charge is 0.348 e. The molecule has 9 heteroatoms. The minimum Gasteiger partial charge on any atom is -0.360 e. The quantitative estimate of drug-likeness (QED) is 0.520. The Labute approximate surface area is 113 Å². The summed E-state index contributed by atoms with van der Waals surface area (Å²) in [7, 11) is 1.82. The van der Waals surface area contributed by atoms with Gasteiger partial charge >= 0.3 is 5.69 Å². The fourth-order valence-corrected chi connectivity index (χ4v) is 1.75. The lowest BCUT2D eigenvalue weighted by molar-refractivity contribution is -0.384. The largest absolute Gasteiger partial charge is 0.360 e. The Morgan fingerprint density at radius 2 is 2.26 bits per heavy atom. The van der Waals surface area contributed by atoms with Crippen LogP contribution in [-0.2, 0) is 13.6 Å². The van der Waals surface area contributed by atoms with Crippen molar-refractivity contribution >= 4 is 23.1 Å². The normalized spacial score (nSPS) is 10.5.